The van der Waals surface area contributed by atoms with Gasteiger partial charge >= 0.3 is 5.97 Å². The van der Waals surface area contributed by atoms with E-state index in [-0.39, 0.29) is 18.2 Å². The molecule has 3 aromatic carbocycles. The fraction of sp³-hybridized carbons (Fsp3) is 0.250. The first-order valence-electron chi connectivity index (χ1n) is 11.5. The van der Waals surface area contributed by atoms with Crippen LogP contribution in [0.25, 0.3) is 0 Å². The quantitative estimate of drug-likeness (QED) is 0.412. The molecule has 0 aromatic heterocycles. The second kappa shape index (κ2) is 12.9. The van der Waals surface area contributed by atoms with Gasteiger partial charge in [0.25, 0.3) is 11.8 Å². The number of methoxy groups -OCH3 is 1. The normalized spacial score (nSPS) is 12.2. The monoisotopic (exact) mass is 474 g/mol. The van der Waals surface area contributed by atoms with Gasteiger partial charge in [0, 0.05) is 12.1 Å². The number of benzene rings is 3. The molecular formula is C28H30N2O5. The molecule has 0 aliphatic heterocycles. The zero-order valence-corrected chi connectivity index (χ0v) is 19.9. The van der Waals surface area contributed by atoms with Crippen molar-refractivity contribution in [3.05, 3.63) is 102 Å². The molecule has 2 N–H and O–H groups in total. The molecule has 3 aromatic rings. The van der Waals surface area contributed by atoms with E-state index in [0.29, 0.717) is 18.5 Å². The Kier molecular flexibility index (Phi) is 9.42. The molecule has 7 heteroatoms. The average Bonchev–Trinajstić information content (AvgIpc) is 2.89. The van der Waals surface area contributed by atoms with E-state index in [2.05, 4.69) is 10.6 Å². The number of nitrogens with one attached hydrogen (secondary N) is 2. The van der Waals surface area contributed by atoms with Gasteiger partial charge in [-0.05, 0) is 48.7 Å². The molecule has 0 saturated heterocycles. The fourth-order valence-electron chi connectivity index (χ4n) is 3.50. The first-order chi connectivity index (χ1) is 17.0. The summed E-state index contributed by atoms with van der Waals surface area (Å²) < 4.78 is 10.5. The van der Waals surface area contributed by atoms with E-state index in [0.717, 1.165) is 16.9 Å². The highest BCUT2D eigenvalue weighted by Crippen LogP contribution is 2.19. The molecule has 0 saturated carbocycles. The van der Waals surface area contributed by atoms with Crippen molar-refractivity contribution in [3.63, 3.8) is 0 Å². The molecule has 2 atom stereocenters. The van der Waals surface area contributed by atoms with E-state index in [1.807, 2.05) is 60.7 Å². The van der Waals surface area contributed by atoms with Crippen LogP contribution in [0.3, 0.4) is 0 Å². The minimum Gasteiger partial charge on any atom is -0.497 e. The van der Waals surface area contributed by atoms with Crippen LogP contribution in [-0.4, -0.2) is 37.5 Å². The Morgan fingerprint density at radius 1 is 0.857 bits per heavy atom. The van der Waals surface area contributed by atoms with Gasteiger partial charge in [0.1, 0.15) is 5.75 Å². The molecule has 0 radical (unpaired) electrons. The Balaban J connectivity index is 1.52. The molecule has 0 bridgehead atoms. The van der Waals surface area contributed by atoms with Crippen molar-refractivity contribution < 1.29 is 23.9 Å². The Hall–Kier alpha value is -4.13. The third kappa shape index (κ3) is 7.99. The number of hydrogen-bond donors (Lipinski definition) is 2. The predicted octanol–water partition coefficient (Wildman–Crippen LogP) is 3.85. The van der Waals surface area contributed by atoms with Crippen molar-refractivity contribution in [3.8, 4) is 5.75 Å². The van der Waals surface area contributed by atoms with E-state index >= 15 is 0 Å². The summed E-state index contributed by atoms with van der Waals surface area (Å²) in [6.45, 7) is 1.94. The standard InChI is InChI=1S/C28H30N2O5/c1-20(27(32)29-18-17-21-13-15-24(34-2)16-14-21)35-26(31)19-25(22-9-5-3-6-10-22)30-28(33)23-11-7-4-8-12-23/h3-16,20,25H,17-19H2,1-2H3,(H,29,32)(H,30,33). The second-order valence-electron chi connectivity index (χ2n) is 8.03. The maximum absolute atomic E-state index is 12.7. The van der Waals surface area contributed by atoms with Crippen molar-refractivity contribution in [2.24, 2.45) is 0 Å². The smallest absolute Gasteiger partial charge is 0.309 e. The summed E-state index contributed by atoms with van der Waals surface area (Å²) in [5.41, 5.74) is 2.31. The van der Waals surface area contributed by atoms with Gasteiger partial charge < -0.3 is 20.1 Å². The first kappa shape index (κ1) is 25.5. The summed E-state index contributed by atoms with van der Waals surface area (Å²) in [5.74, 6) is -0.481. The molecule has 2 unspecified atom stereocenters. The summed E-state index contributed by atoms with van der Waals surface area (Å²) in [4.78, 5) is 37.7. The number of carbonyl (C=O) groups is 3. The van der Waals surface area contributed by atoms with Crippen LogP contribution in [0.4, 0.5) is 0 Å². The van der Waals surface area contributed by atoms with E-state index in [4.69, 9.17) is 9.47 Å². The predicted molar refractivity (Wildman–Crippen MR) is 133 cm³/mol. The highest BCUT2D eigenvalue weighted by atomic mass is 16.5. The van der Waals surface area contributed by atoms with Crippen LogP contribution in [0.2, 0.25) is 0 Å². The van der Waals surface area contributed by atoms with Gasteiger partial charge in [0.2, 0.25) is 0 Å². The maximum atomic E-state index is 12.7. The zero-order chi connectivity index (χ0) is 25.0. The van der Waals surface area contributed by atoms with E-state index < -0.39 is 18.1 Å². The SMILES string of the molecule is COc1ccc(CCNC(=O)C(C)OC(=O)CC(NC(=O)c2ccccc2)c2ccccc2)cc1. The van der Waals surface area contributed by atoms with Crippen LogP contribution >= 0.6 is 0 Å². The van der Waals surface area contributed by atoms with Gasteiger partial charge in [0.05, 0.1) is 19.6 Å². The molecule has 0 heterocycles. The lowest BCUT2D eigenvalue weighted by Gasteiger charge is -2.20. The molecule has 3 rings (SSSR count). The van der Waals surface area contributed by atoms with Crippen molar-refractivity contribution in [1.82, 2.24) is 10.6 Å². The molecule has 182 valence electrons. The van der Waals surface area contributed by atoms with Gasteiger partial charge in [-0.25, -0.2) is 0 Å². The summed E-state index contributed by atoms with van der Waals surface area (Å²) in [6.07, 6.45) is -0.427. The van der Waals surface area contributed by atoms with Gasteiger partial charge in [-0.3, -0.25) is 14.4 Å². The molecule has 0 aliphatic rings. The number of hydrogen-bond acceptors (Lipinski definition) is 5. The maximum Gasteiger partial charge on any atom is 0.309 e. The van der Waals surface area contributed by atoms with Crippen LogP contribution in [0.5, 0.6) is 5.75 Å². The largest absolute Gasteiger partial charge is 0.497 e. The van der Waals surface area contributed by atoms with Crippen LogP contribution < -0.4 is 15.4 Å². The number of carbonyl (C=O) groups excluding carboxylic acids is 3. The highest BCUT2D eigenvalue weighted by Gasteiger charge is 2.23. The number of amides is 2. The molecule has 2 amide bonds. The van der Waals surface area contributed by atoms with Crippen molar-refractivity contribution in [2.45, 2.75) is 31.9 Å². The average molecular weight is 475 g/mol. The number of ether oxygens (including phenoxy) is 2. The lowest BCUT2D eigenvalue weighted by Crippen LogP contribution is -2.38. The number of rotatable bonds is 11. The molecule has 7 nitrogen and oxygen atoms in total. The molecule has 0 aliphatic carbocycles. The minimum atomic E-state index is -0.959. The van der Waals surface area contributed by atoms with Gasteiger partial charge in [-0.2, -0.15) is 0 Å². The summed E-state index contributed by atoms with van der Waals surface area (Å²) in [6, 6.07) is 25.0. The lowest BCUT2D eigenvalue weighted by molar-refractivity contribution is -0.155. The van der Waals surface area contributed by atoms with E-state index in [9.17, 15) is 14.4 Å². The Morgan fingerprint density at radius 3 is 2.11 bits per heavy atom. The summed E-state index contributed by atoms with van der Waals surface area (Å²) in [5, 5.41) is 5.68. The van der Waals surface area contributed by atoms with Gasteiger partial charge in [-0.1, -0.05) is 60.7 Å². The molecule has 0 spiro atoms. The summed E-state index contributed by atoms with van der Waals surface area (Å²) in [7, 11) is 1.61. The van der Waals surface area contributed by atoms with E-state index in [1.165, 1.54) is 6.92 Å². The lowest BCUT2D eigenvalue weighted by atomic mass is 10.0. The van der Waals surface area contributed by atoms with Crippen molar-refractivity contribution in [2.75, 3.05) is 13.7 Å². The Morgan fingerprint density at radius 2 is 1.49 bits per heavy atom. The van der Waals surface area contributed by atoms with Gasteiger partial charge in [0.15, 0.2) is 6.10 Å². The molecule has 35 heavy (non-hydrogen) atoms. The topological polar surface area (TPSA) is 93.7 Å². The van der Waals surface area contributed by atoms with Crippen LogP contribution in [-0.2, 0) is 20.7 Å². The first-order valence-corrected chi connectivity index (χ1v) is 11.5. The zero-order valence-electron chi connectivity index (χ0n) is 19.9. The van der Waals surface area contributed by atoms with E-state index in [1.54, 1.807) is 31.4 Å². The minimum absolute atomic E-state index is 0.105. The van der Waals surface area contributed by atoms with Crippen LogP contribution in [0.15, 0.2) is 84.9 Å². The Bertz CT molecular complexity index is 1100. The third-order valence-electron chi connectivity index (χ3n) is 5.46. The molecule has 0 fully saturated rings. The van der Waals surface area contributed by atoms with Crippen LogP contribution in [0.1, 0.15) is 40.9 Å². The fourth-order valence-corrected chi connectivity index (χ4v) is 3.50. The van der Waals surface area contributed by atoms with Crippen molar-refractivity contribution in [1.29, 1.82) is 0 Å². The van der Waals surface area contributed by atoms with Crippen molar-refractivity contribution >= 4 is 17.8 Å². The molecular weight excluding hydrogens is 444 g/mol. The highest BCUT2D eigenvalue weighted by molar-refractivity contribution is 5.94. The number of esters is 1. The second-order valence-corrected chi connectivity index (χ2v) is 8.03. The van der Waals surface area contributed by atoms with Crippen LogP contribution in [0, 0.1) is 0 Å². The summed E-state index contributed by atoms with van der Waals surface area (Å²) >= 11 is 0. The Labute approximate surface area is 205 Å². The van der Waals surface area contributed by atoms with Gasteiger partial charge in [-0.15, -0.1) is 0 Å². The third-order valence-corrected chi connectivity index (χ3v) is 5.46.